The summed E-state index contributed by atoms with van der Waals surface area (Å²) in [4.78, 5) is 2.15. The summed E-state index contributed by atoms with van der Waals surface area (Å²) in [5.41, 5.74) is 1.20. The summed E-state index contributed by atoms with van der Waals surface area (Å²) in [5.74, 6) is 0. The van der Waals surface area contributed by atoms with Crippen molar-refractivity contribution in [1.29, 1.82) is 0 Å². The van der Waals surface area contributed by atoms with E-state index in [2.05, 4.69) is 37.1 Å². The fourth-order valence-corrected chi connectivity index (χ4v) is 1.12. The topological polar surface area (TPSA) is 3.24 Å². The molecule has 1 aromatic rings. The van der Waals surface area contributed by atoms with Gasteiger partial charge in [-0.05, 0) is 25.5 Å². The van der Waals surface area contributed by atoms with Gasteiger partial charge in [-0.2, -0.15) is 0 Å². The van der Waals surface area contributed by atoms with E-state index >= 15 is 0 Å². The second-order valence-electron chi connectivity index (χ2n) is 2.86. The molecule has 13 heavy (non-hydrogen) atoms. The zero-order valence-electron chi connectivity index (χ0n) is 8.33. The van der Waals surface area contributed by atoms with Gasteiger partial charge in [0, 0.05) is 13.1 Å². The van der Waals surface area contributed by atoms with Gasteiger partial charge < -0.3 is 4.90 Å². The molecular weight excluding hydrogens is 158 g/mol. The first-order valence-electron chi connectivity index (χ1n) is 4.76. The molecule has 0 unspecified atom stereocenters. The Morgan fingerprint density at radius 3 is 2.31 bits per heavy atom. The normalized spacial score (nSPS) is 10.6. The maximum atomic E-state index is 3.24. The van der Waals surface area contributed by atoms with Crippen LogP contribution in [0, 0.1) is 6.20 Å². The lowest BCUT2D eigenvalue weighted by molar-refractivity contribution is 0.403. The quantitative estimate of drug-likeness (QED) is 0.634. The van der Waals surface area contributed by atoms with E-state index in [9.17, 15) is 0 Å². The lowest BCUT2D eigenvalue weighted by Crippen LogP contribution is -2.15. The number of benzene rings is 1. The largest absolute Gasteiger partial charge is 0.370 e. The summed E-state index contributed by atoms with van der Waals surface area (Å²) < 4.78 is 0. The average molecular weight is 174 g/mol. The van der Waals surface area contributed by atoms with Crippen LogP contribution in [0.4, 0.5) is 0 Å². The predicted octanol–water partition coefficient (Wildman–Crippen LogP) is 2.80. The van der Waals surface area contributed by atoms with Crippen LogP contribution >= 0.6 is 0 Å². The molecule has 0 amide bonds. The maximum Gasteiger partial charge on any atom is 0.0610 e. The van der Waals surface area contributed by atoms with Crippen molar-refractivity contribution in [3.8, 4) is 0 Å². The van der Waals surface area contributed by atoms with E-state index in [1.165, 1.54) is 5.56 Å². The highest BCUT2D eigenvalue weighted by atomic mass is 15.1. The van der Waals surface area contributed by atoms with Crippen LogP contribution in [0.5, 0.6) is 0 Å². The first-order chi connectivity index (χ1) is 6.36. The Balaban J connectivity index is 2.57. The van der Waals surface area contributed by atoms with E-state index in [-0.39, 0.29) is 0 Å². The van der Waals surface area contributed by atoms with Gasteiger partial charge in [-0.25, -0.2) is 0 Å². The smallest absolute Gasteiger partial charge is 0.0610 e. The molecule has 0 aliphatic carbocycles. The van der Waals surface area contributed by atoms with Gasteiger partial charge in [-0.1, -0.05) is 30.3 Å². The van der Waals surface area contributed by atoms with Crippen molar-refractivity contribution in [2.24, 2.45) is 0 Å². The Kier molecular flexibility index (Phi) is 4.10. The van der Waals surface area contributed by atoms with Gasteiger partial charge in [0.2, 0.25) is 0 Å². The van der Waals surface area contributed by atoms with Crippen molar-refractivity contribution in [3.05, 3.63) is 42.1 Å². The summed E-state index contributed by atoms with van der Waals surface area (Å²) in [6.07, 6.45) is 5.26. The number of hydrogen-bond donors (Lipinski definition) is 0. The summed E-state index contributed by atoms with van der Waals surface area (Å²) >= 11 is 0. The summed E-state index contributed by atoms with van der Waals surface area (Å²) in [7, 11) is 0. The van der Waals surface area contributed by atoms with Gasteiger partial charge in [0.25, 0.3) is 0 Å². The molecule has 1 rings (SSSR count). The van der Waals surface area contributed by atoms with E-state index in [0.29, 0.717) is 0 Å². The highest BCUT2D eigenvalue weighted by Gasteiger charge is 1.90. The third-order valence-electron chi connectivity index (χ3n) is 1.98. The predicted molar refractivity (Wildman–Crippen MR) is 57.1 cm³/mol. The minimum Gasteiger partial charge on any atom is -0.370 e. The van der Waals surface area contributed by atoms with Crippen LogP contribution in [0.25, 0.3) is 6.08 Å². The first kappa shape index (κ1) is 9.85. The monoisotopic (exact) mass is 174 g/mol. The highest BCUT2D eigenvalue weighted by Crippen LogP contribution is 2.01. The molecule has 0 aliphatic rings. The summed E-state index contributed by atoms with van der Waals surface area (Å²) in [5, 5.41) is 0. The van der Waals surface area contributed by atoms with Crippen molar-refractivity contribution in [2.45, 2.75) is 13.8 Å². The minimum atomic E-state index is 1.01. The second kappa shape index (κ2) is 5.41. The van der Waals surface area contributed by atoms with Crippen LogP contribution < -0.4 is 0 Å². The van der Waals surface area contributed by atoms with E-state index < -0.39 is 0 Å². The standard InChI is InChI=1S/C12H16N/c1-3-13(4-2)11-10-12-8-6-5-7-9-12/h5-10H,3-4H2,1-2H3. The molecule has 0 atom stereocenters. The van der Waals surface area contributed by atoms with Crippen LogP contribution in [-0.2, 0) is 0 Å². The van der Waals surface area contributed by atoms with Crippen molar-refractivity contribution in [3.63, 3.8) is 0 Å². The van der Waals surface area contributed by atoms with E-state index in [0.717, 1.165) is 13.1 Å². The van der Waals surface area contributed by atoms with Gasteiger partial charge >= 0.3 is 0 Å². The third kappa shape index (κ3) is 3.32. The fourth-order valence-electron chi connectivity index (χ4n) is 1.12. The molecule has 0 N–H and O–H groups in total. The minimum absolute atomic E-state index is 1.01. The number of nitrogens with zero attached hydrogens (tertiary/aromatic N) is 1. The fraction of sp³-hybridized carbons (Fsp3) is 0.333. The van der Waals surface area contributed by atoms with Gasteiger partial charge in [0.1, 0.15) is 0 Å². The molecule has 69 valence electrons. The lowest BCUT2D eigenvalue weighted by atomic mass is 10.2. The van der Waals surface area contributed by atoms with Crippen molar-refractivity contribution in [1.82, 2.24) is 4.90 Å². The Labute approximate surface area is 80.7 Å². The second-order valence-corrected chi connectivity index (χ2v) is 2.86. The van der Waals surface area contributed by atoms with Gasteiger partial charge in [0.05, 0.1) is 6.20 Å². The summed E-state index contributed by atoms with van der Waals surface area (Å²) in [6.45, 7) is 6.30. The van der Waals surface area contributed by atoms with Crippen LogP contribution in [0.15, 0.2) is 30.3 Å². The Morgan fingerprint density at radius 1 is 1.15 bits per heavy atom. The van der Waals surface area contributed by atoms with Crippen molar-refractivity contribution in [2.75, 3.05) is 13.1 Å². The highest BCUT2D eigenvalue weighted by molar-refractivity contribution is 5.46. The molecule has 0 aliphatic heterocycles. The molecule has 1 radical (unpaired) electrons. The number of rotatable bonds is 4. The van der Waals surface area contributed by atoms with Crippen LogP contribution in [0.2, 0.25) is 0 Å². The molecular formula is C12H16N. The van der Waals surface area contributed by atoms with Gasteiger partial charge in [0.15, 0.2) is 0 Å². The maximum absolute atomic E-state index is 3.24. The van der Waals surface area contributed by atoms with Crippen LogP contribution in [-0.4, -0.2) is 18.0 Å². The molecule has 0 spiro atoms. The molecule has 1 nitrogen and oxygen atoms in total. The lowest BCUT2D eigenvalue weighted by Gasteiger charge is -2.13. The zero-order chi connectivity index (χ0) is 9.52. The van der Waals surface area contributed by atoms with E-state index in [4.69, 9.17) is 0 Å². The van der Waals surface area contributed by atoms with Crippen molar-refractivity contribution >= 4 is 6.08 Å². The number of hydrogen-bond acceptors (Lipinski definition) is 1. The van der Waals surface area contributed by atoms with E-state index in [1.807, 2.05) is 24.3 Å². The Bertz CT molecular complexity index is 247. The first-order valence-corrected chi connectivity index (χ1v) is 4.76. The zero-order valence-corrected chi connectivity index (χ0v) is 8.33. The van der Waals surface area contributed by atoms with Crippen molar-refractivity contribution < 1.29 is 0 Å². The van der Waals surface area contributed by atoms with E-state index in [1.54, 1.807) is 0 Å². The average Bonchev–Trinajstić information content (AvgIpc) is 2.21. The molecule has 1 aromatic carbocycles. The molecule has 0 heterocycles. The van der Waals surface area contributed by atoms with Gasteiger partial charge in [-0.3, -0.25) is 0 Å². The van der Waals surface area contributed by atoms with Gasteiger partial charge in [-0.15, -0.1) is 0 Å². The van der Waals surface area contributed by atoms with Crippen LogP contribution in [0.3, 0.4) is 0 Å². The summed E-state index contributed by atoms with van der Waals surface area (Å²) in [6, 6.07) is 10.3. The third-order valence-corrected chi connectivity index (χ3v) is 1.98. The Morgan fingerprint density at radius 2 is 1.77 bits per heavy atom. The van der Waals surface area contributed by atoms with Crippen LogP contribution in [0.1, 0.15) is 19.4 Å². The molecule has 0 bridgehead atoms. The molecule has 0 aromatic heterocycles. The molecule has 0 fully saturated rings. The molecule has 0 saturated heterocycles. The SMILES string of the molecule is CCN(/[C]=C/c1ccccc1)CC. The Hall–Kier alpha value is -1.24. The molecule has 1 heteroatoms. The molecule has 0 saturated carbocycles.